The Balaban J connectivity index is 2.70. The molecule has 0 spiro atoms. The van der Waals surface area contributed by atoms with Gasteiger partial charge in [0.15, 0.2) is 9.84 Å². The predicted molar refractivity (Wildman–Crippen MR) is 73.6 cm³/mol. The van der Waals surface area contributed by atoms with Crippen molar-refractivity contribution in [2.24, 2.45) is 0 Å². The second-order valence-corrected chi connectivity index (χ2v) is 6.32. The highest BCUT2D eigenvalue weighted by Crippen LogP contribution is 2.31. The number of benzene rings is 2. The summed E-state index contributed by atoms with van der Waals surface area (Å²) in [6.07, 6.45) is 1.08. The van der Waals surface area contributed by atoms with Crippen molar-refractivity contribution in [3.8, 4) is 16.9 Å². The fourth-order valence-electron chi connectivity index (χ4n) is 1.90. The summed E-state index contributed by atoms with van der Waals surface area (Å²) in [6, 6.07) is 10.2. The molecule has 0 unspecified atom stereocenters. The van der Waals surface area contributed by atoms with E-state index in [-0.39, 0.29) is 21.8 Å². The molecule has 0 atom stereocenters. The van der Waals surface area contributed by atoms with E-state index in [0.29, 0.717) is 5.56 Å². The van der Waals surface area contributed by atoms with E-state index in [0.717, 1.165) is 6.26 Å². The van der Waals surface area contributed by atoms with Crippen molar-refractivity contribution >= 4 is 15.8 Å². The second-order valence-electron chi connectivity index (χ2n) is 4.30. The fraction of sp³-hybridized carbons (Fsp3) is 0.0714. The van der Waals surface area contributed by atoms with Crippen molar-refractivity contribution in [1.82, 2.24) is 0 Å². The van der Waals surface area contributed by atoms with Crippen LogP contribution in [0.3, 0.4) is 0 Å². The molecule has 2 aromatic carbocycles. The maximum Gasteiger partial charge on any atom is 0.340 e. The Morgan fingerprint density at radius 1 is 1.10 bits per heavy atom. The summed E-state index contributed by atoms with van der Waals surface area (Å²) < 4.78 is 23.1. The number of sulfone groups is 1. The lowest BCUT2D eigenvalue weighted by Crippen LogP contribution is -2.01. The van der Waals surface area contributed by atoms with E-state index in [1.165, 1.54) is 36.4 Å². The summed E-state index contributed by atoms with van der Waals surface area (Å²) in [4.78, 5) is 11.3. The van der Waals surface area contributed by atoms with E-state index < -0.39 is 15.8 Å². The fourth-order valence-corrected chi connectivity index (χ4v) is 2.57. The third-order valence-corrected chi connectivity index (χ3v) is 3.94. The Bertz CT molecular complexity index is 778. The Kier molecular flexibility index (Phi) is 3.50. The lowest BCUT2D eigenvalue weighted by Gasteiger charge is -2.09. The molecule has 0 aliphatic carbocycles. The average Bonchev–Trinajstić information content (AvgIpc) is 2.37. The number of rotatable bonds is 3. The molecule has 0 aliphatic heterocycles. The van der Waals surface area contributed by atoms with Gasteiger partial charge in [-0.1, -0.05) is 24.3 Å². The van der Waals surface area contributed by atoms with Gasteiger partial charge in [0.2, 0.25) is 0 Å². The van der Waals surface area contributed by atoms with Crippen molar-refractivity contribution in [2.75, 3.05) is 6.26 Å². The number of aromatic carboxylic acids is 1. The summed E-state index contributed by atoms with van der Waals surface area (Å²) in [5, 5.41) is 18.8. The second kappa shape index (κ2) is 4.97. The molecule has 0 saturated carbocycles. The molecule has 5 nitrogen and oxygen atoms in total. The summed E-state index contributed by atoms with van der Waals surface area (Å²) in [6.45, 7) is 0. The number of carboxylic acids is 1. The third-order valence-electron chi connectivity index (χ3n) is 2.83. The molecule has 0 aromatic heterocycles. The standard InChI is InChI=1S/C14H12O5S/c1-20(18,19)10-5-2-4-9(8-10)11-6-3-7-12(15)13(11)14(16)17/h2-8,15H,1H3,(H,16,17). The van der Waals surface area contributed by atoms with Gasteiger partial charge >= 0.3 is 5.97 Å². The highest BCUT2D eigenvalue weighted by Gasteiger charge is 2.17. The maximum atomic E-state index is 11.5. The molecule has 0 fully saturated rings. The van der Waals surface area contributed by atoms with Gasteiger partial charge in [-0.25, -0.2) is 13.2 Å². The van der Waals surface area contributed by atoms with E-state index in [9.17, 15) is 18.3 Å². The van der Waals surface area contributed by atoms with Crippen LogP contribution in [0.15, 0.2) is 47.4 Å². The van der Waals surface area contributed by atoms with Gasteiger partial charge < -0.3 is 10.2 Å². The first-order valence-electron chi connectivity index (χ1n) is 5.66. The first-order chi connectivity index (χ1) is 9.30. The lowest BCUT2D eigenvalue weighted by molar-refractivity contribution is 0.0694. The van der Waals surface area contributed by atoms with E-state index >= 15 is 0 Å². The van der Waals surface area contributed by atoms with Crippen LogP contribution in [0.1, 0.15) is 10.4 Å². The van der Waals surface area contributed by atoms with Crippen LogP contribution in [0.2, 0.25) is 0 Å². The van der Waals surface area contributed by atoms with Gasteiger partial charge in [0, 0.05) is 6.26 Å². The molecule has 0 saturated heterocycles. The number of hydrogen-bond acceptors (Lipinski definition) is 4. The quantitative estimate of drug-likeness (QED) is 0.904. The normalized spacial score (nSPS) is 11.2. The van der Waals surface area contributed by atoms with Crippen LogP contribution >= 0.6 is 0 Å². The summed E-state index contributed by atoms with van der Waals surface area (Å²) >= 11 is 0. The first kappa shape index (κ1) is 14.1. The summed E-state index contributed by atoms with van der Waals surface area (Å²) in [5.41, 5.74) is 0.433. The van der Waals surface area contributed by atoms with Crippen LogP contribution in [0.5, 0.6) is 5.75 Å². The monoisotopic (exact) mass is 292 g/mol. The van der Waals surface area contributed by atoms with Gasteiger partial charge in [-0.05, 0) is 29.3 Å². The largest absolute Gasteiger partial charge is 0.507 e. The van der Waals surface area contributed by atoms with Crippen LogP contribution in [-0.4, -0.2) is 30.9 Å². The SMILES string of the molecule is CS(=O)(=O)c1cccc(-c2cccc(O)c2C(=O)O)c1. The van der Waals surface area contributed by atoms with Crippen LogP contribution in [0.25, 0.3) is 11.1 Å². The van der Waals surface area contributed by atoms with Gasteiger partial charge in [-0.3, -0.25) is 0 Å². The van der Waals surface area contributed by atoms with Gasteiger partial charge in [0.05, 0.1) is 4.90 Å². The van der Waals surface area contributed by atoms with Crippen LogP contribution < -0.4 is 0 Å². The topological polar surface area (TPSA) is 91.7 Å². The Morgan fingerprint density at radius 2 is 1.75 bits per heavy atom. The zero-order chi connectivity index (χ0) is 14.9. The smallest absolute Gasteiger partial charge is 0.340 e. The molecule has 104 valence electrons. The third kappa shape index (κ3) is 2.65. The minimum atomic E-state index is -3.39. The molecule has 0 bridgehead atoms. The zero-order valence-corrected chi connectivity index (χ0v) is 11.4. The summed E-state index contributed by atoms with van der Waals surface area (Å²) in [5.74, 6) is -1.64. The van der Waals surface area contributed by atoms with E-state index in [2.05, 4.69) is 0 Å². The maximum absolute atomic E-state index is 11.5. The Morgan fingerprint density at radius 3 is 2.35 bits per heavy atom. The molecule has 0 amide bonds. The number of hydrogen-bond donors (Lipinski definition) is 2. The number of carbonyl (C=O) groups is 1. The van der Waals surface area contributed by atoms with Crippen molar-refractivity contribution in [3.63, 3.8) is 0 Å². The van der Waals surface area contributed by atoms with Crippen molar-refractivity contribution in [2.45, 2.75) is 4.90 Å². The molecule has 0 aliphatic rings. The van der Waals surface area contributed by atoms with Gasteiger partial charge in [-0.2, -0.15) is 0 Å². The minimum Gasteiger partial charge on any atom is -0.507 e. The van der Waals surface area contributed by atoms with Crippen LogP contribution in [0.4, 0.5) is 0 Å². The Hall–Kier alpha value is -2.34. The average molecular weight is 292 g/mol. The van der Waals surface area contributed by atoms with Crippen molar-refractivity contribution < 1.29 is 23.4 Å². The van der Waals surface area contributed by atoms with Gasteiger partial charge in [0.1, 0.15) is 11.3 Å². The lowest BCUT2D eigenvalue weighted by atomic mass is 9.99. The van der Waals surface area contributed by atoms with E-state index in [4.69, 9.17) is 5.11 Å². The number of carboxylic acid groups (broad SMARTS) is 1. The van der Waals surface area contributed by atoms with Crippen molar-refractivity contribution in [3.05, 3.63) is 48.0 Å². The minimum absolute atomic E-state index is 0.0923. The summed E-state index contributed by atoms with van der Waals surface area (Å²) in [7, 11) is -3.39. The molecular formula is C14H12O5S. The molecule has 2 N–H and O–H groups in total. The molecule has 2 rings (SSSR count). The molecular weight excluding hydrogens is 280 g/mol. The van der Waals surface area contributed by atoms with E-state index in [1.807, 2.05) is 0 Å². The zero-order valence-electron chi connectivity index (χ0n) is 10.6. The van der Waals surface area contributed by atoms with Gasteiger partial charge in [-0.15, -0.1) is 0 Å². The van der Waals surface area contributed by atoms with E-state index in [1.54, 1.807) is 6.07 Å². The highest BCUT2D eigenvalue weighted by atomic mass is 32.2. The number of aromatic hydroxyl groups is 1. The molecule has 2 aromatic rings. The molecule has 0 radical (unpaired) electrons. The first-order valence-corrected chi connectivity index (χ1v) is 7.55. The van der Waals surface area contributed by atoms with Crippen molar-refractivity contribution in [1.29, 1.82) is 0 Å². The molecule has 20 heavy (non-hydrogen) atoms. The molecule has 0 heterocycles. The number of phenols is 1. The predicted octanol–water partition coefficient (Wildman–Crippen LogP) is 2.16. The Labute approximate surface area is 116 Å². The van der Waals surface area contributed by atoms with Crippen LogP contribution in [0, 0.1) is 0 Å². The van der Waals surface area contributed by atoms with Gasteiger partial charge in [0.25, 0.3) is 0 Å². The highest BCUT2D eigenvalue weighted by molar-refractivity contribution is 7.90. The van der Waals surface area contributed by atoms with Crippen LogP contribution in [-0.2, 0) is 9.84 Å². The molecule has 6 heteroatoms.